The average molecular weight is 296 g/mol. The molecule has 0 heterocycles. The van der Waals surface area contributed by atoms with Gasteiger partial charge >= 0.3 is 0 Å². The molecule has 1 fully saturated rings. The minimum absolute atomic E-state index is 0. The molecule has 0 aromatic rings. The molecule has 0 atom stereocenters. The molecule has 5 nitrogen and oxygen atoms in total. The predicted molar refractivity (Wildman–Crippen MR) is 69.4 cm³/mol. The van der Waals surface area contributed by atoms with Gasteiger partial charge in [0.05, 0.1) is 19.7 Å². The molecular weight excluding hydrogens is 268 g/mol. The van der Waals surface area contributed by atoms with Crippen molar-refractivity contribution in [3.8, 4) is 0 Å². The Morgan fingerprint density at radius 2 is 1.79 bits per heavy atom. The Labute approximate surface area is 122 Å². The highest BCUT2D eigenvalue weighted by Gasteiger charge is 2.11. The van der Waals surface area contributed by atoms with Crippen LogP contribution < -0.4 is 27.7 Å². The molecule has 0 aromatic heterocycles. The Morgan fingerprint density at radius 3 is 2.11 bits per heavy atom. The van der Waals surface area contributed by atoms with Crippen LogP contribution in [0.25, 0.3) is 0 Å². The Balaban J connectivity index is 0. The van der Waals surface area contributed by atoms with Crippen LogP contribution >= 0.6 is 0 Å². The molecule has 1 saturated carbocycles. The van der Waals surface area contributed by atoms with Crippen molar-refractivity contribution in [1.82, 2.24) is 5.32 Å². The molecule has 0 aromatic carbocycles. The molecule has 6 heteroatoms. The van der Waals surface area contributed by atoms with Crippen molar-refractivity contribution in [2.75, 3.05) is 26.2 Å². The van der Waals surface area contributed by atoms with Crippen LogP contribution in [0.1, 0.15) is 46.0 Å². The summed E-state index contributed by atoms with van der Waals surface area (Å²) in [6.45, 7) is 7.72. The van der Waals surface area contributed by atoms with E-state index in [1.807, 2.05) is 0 Å². The third kappa shape index (κ3) is 12.3. The van der Waals surface area contributed by atoms with E-state index in [0.717, 1.165) is 45.3 Å². The molecule has 0 spiro atoms. The van der Waals surface area contributed by atoms with Crippen LogP contribution in [0.4, 0.5) is 4.79 Å². The van der Waals surface area contributed by atoms with Crippen molar-refractivity contribution in [3.05, 3.63) is 0 Å². The molecule has 19 heavy (non-hydrogen) atoms. The standard InChI is InChI=1S/C7H13NO2.C6H15NO.ClH/c9-7(10)8-6-4-2-1-3-5-6;1-3-7(4-2)5-6-8;/h6,8H,1-5H2,(H,9,10);8H,3-6H2,1-2H3;1H/p-1. The topological polar surface area (TPSA) is 76.8 Å². The number of hydrogen-bond acceptors (Lipinski definition) is 3. The Morgan fingerprint density at radius 1 is 1.26 bits per heavy atom. The first-order valence-electron chi connectivity index (χ1n) is 7.05. The zero-order chi connectivity index (χ0) is 13.8. The van der Waals surface area contributed by atoms with Crippen molar-refractivity contribution < 1.29 is 32.3 Å². The van der Waals surface area contributed by atoms with Crippen molar-refractivity contribution >= 4 is 6.09 Å². The summed E-state index contributed by atoms with van der Waals surface area (Å²) in [5.41, 5.74) is 0. The van der Waals surface area contributed by atoms with Gasteiger partial charge in [0, 0.05) is 6.04 Å². The molecule has 116 valence electrons. The number of carboxylic acid groups (broad SMARTS) is 1. The number of carbonyl (C=O) groups excluding carboxylic acids is 1. The van der Waals surface area contributed by atoms with Crippen LogP contribution in [0, 0.1) is 0 Å². The smallest absolute Gasteiger partial charge is 0.134 e. The second-order valence-corrected chi connectivity index (χ2v) is 4.70. The molecule has 1 aliphatic carbocycles. The molecule has 0 aliphatic heterocycles. The van der Waals surface area contributed by atoms with Crippen LogP contribution in [-0.4, -0.2) is 43.5 Å². The lowest BCUT2D eigenvalue weighted by Crippen LogP contribution is -3.11. The van der Waals surface area contributed by atoms with E-state index in [0.29, 0.717) is 6.61 Å². The van der Waals surface area contributed by atoms with Gasteiger partial charge in [-0.15, -0.1) is 0 Å². The molecule has 3 N–H and O–H groups in total. The van der Waals surface area contributed by atoms with E-state index >= 15 is 0 Å². The van der Waals surface area contributed by atoms with E-state index in [4.69, 9.17) is 5.11 Å². The first kappa shape index (κ1) is 20.8. The maximum atomic E-state index is 10.0. The highest BCUT2D eigenvalue weighted by molar-refractivity contribution is 5.62. The zero-order valence-corrected chi connectivity index (χ0v) is 12.8. The summed E-state index contributed by atoms with van der Waals surface area (Å²) in [4.78, 5) is 11.5. The fourth-order valence-corrected chi connectivity index (χ4v) is 2.18. The van der Waals surface area contributed by atoms with Gasteiger partial charge in [-0.25, -0.2) is 0 Å². The first-order chi connectivity index (χ1) is 8.63. The van der Waals surface area contributed by atoms with Gasteiger partial charge in [-0.1, -0.05) is 19.3 Å². The van der Waals surface area contributed by atoms with E-state index < -0.39 is 6.09 Å². The number of aliphatic hydroxyl groups is 1. The van der Waals surface area contributed by atoms with Gasteiger partial charge in [-0.05, 0) is 26.7 Å². The third-order valence-electron chi connectivity index (χ3n) is 3.39. The number of rotatable bonds is 5. The number of hydrogen-bond donors (Lipinski definition) is 3. The van der Waals surface area contributed by atoms with Crippen LogP contribution in [0.3, 0.4) is 0 Å². The number of halogens is 1. The minimum Gasteiger partial charge on any atom is -1.00 e. The van der Waals surface area contributed by atoms with Crippen molar-refractivity contribution in [2.24, 2.45) is 0 Å². The van der Waals surface area contributed by atoms with Crippen LogP contribution in [-0.2, 0) is 0 Å². The van der Waals surface area contributed by atoms with Crippen LogP contribution in [0.5, 0.6) is 0 Å². The largest absolute Gasteiger partial charge is 1.00 e. The fraction of sp³-hybridized carbons (Fsp3) is 0.923. The fourth-order valence-electron chi connectivity index (χ4n) is 2.18. The number of carbonyl (C=O) groups is 1. The summed E-state index contributed by atoms with van der Waals surface area (Å²) in [5, 5.41) is 20.9. The quantitative estimate of drug-likeness (QED) is 0.486. The normalized spacial score (nSPS) is 15.2. The molecule has 0 unspecified atom stereocenters. The highest BCUT2D eigenvalue weighted by Crippen LogP contribution is 2.16. The van der Waals surface area contributed by atoms with Crippen molar-refractivity contribution in [3.63, 3.8) is 0 Å². The lowest BCUT2D eigenvalue weighted by Gasteiger charge is -2.23. The summed E-state index contributed by atoms with van der Waals surface area (Å²) < 4.78 is 0. The minimum atomic E-state index is -1.13. The number of aliphatic hydroxyl groups excluding tert-OH is 1. The Hall–Kier alpha value is -0.520. The van der Waals surface area contributed by atoms with Crippen LogP contribution in [0.2, 0.25) is 0 Å². The highest BCUT2D eigenvalue weighted by atomic mass is 35.5. The van der Waals surface area contributed by atoms with E-state index in [-0.39, 0.29) is 18.4 Å². The summed E-state index contributed by atoms with van der Waals surface area (Å²) in [5.74, 6) is 0. The van der Waals surface area contributed by atoms with E-state index in [1.54, 1.807) is 0 Å². The van der Waals surface area contributed by atoms with Crippen molar-refractivity contribution in [2.45, 2.75) is 52.0 Å². The number of likely N-dealkylation sites (N-methyl/N-ethyl adjacent to an activating group) is 1. The maximum absolute atomic E-state index is 10.0. The zero-order valence-electron chi connectivity index (χ0n) is 12.1. The Kier molecular flexibility index (Phi) is 15.2. The van der Waals surface area contributed by atoms with Gasteiger partial charge in [0.15, 0.2) is 0 Å². The molecular formula is C13H28ClN2O3-. The van der Waals surface area contributed by atoms with Gasteiger partial charge in [0.1, 0.15) is 12.6 Å². The monoisotopic (exact) mass is 295 g/mol. The summed E-state index contributed by atoms with van der Waals surface area (Å²) in [6, 6.07) is 0.166. The van der Waals surface area contributed by atoms with Gasteiger partial charge < -0.3 is 37.6 Å². The van der Waals surface area contributed by atoms with Gasteiger partial charge in [-0.3, -0.25) is 0 Å². The first-order valence-corrected chi connectivity index (χ1v) is 7.05. The second-order valence-electron chi connectivity index (χ2n) is 4.70. The average Bonchev–Trinajstić information content (AvgIpc) is 2.37. The number of amides is 1. The predicted octanol–water partition coefficient (Wildman–Crippen LogP) is -3.84. The summed E-state index contributed by atoms with van der Waals surface area (Å²) in [6.07, 6.45) is 4.36. The molecule has 1 amide bonds. The summed E-state index contributed by atoms with van der Waals surface area (Å²) >= 11 is 0. The number of nitrogens with one attached hydrogen (secondary N) is 2. The lowest BCUT2D eigenvalue weighted by atomic mass is 9.96. The van der Waals surface area contributed by atoms with Gasteiger partial charge in [0.2, 0.25) is 0 Å². The molecule has 1 rings (SSSR count). The molecule has 0 radical (unpaired) electrons. The Bertz CT molecular complexity index is 208. The second kappa shape index (κ2) is 13.9. The lowest BCUT2D eigenvalue weighted by molar-refractivity contribution is -0.896. The molecule has 0 bridgehead atoms. The van der Waals surface area contributed by atoms with Crippen molar-refractivity contribution in [1.29, 1.82) is 0 Å². The molecule has 0 saturated heterocycles. The number of quaternary nitrogens is 1. The van der Waals surface area contributed by atoms with Crippen LogP contribution in [0.15, 0.2) is 0 Å². The SMILES string of the molecule is CC[NH+](CC)CCO.O=C([O-])NC1CCCCC1.[Cl-]. The van der Waals surface area contributed by atoms with E-state index in [9.17, 15) is 9.90 Å². The van der Waals surface area contributed by atoms with E-state index in [2.05, 4.69) is 19.2 Å². The maximum Gasteiger partial charge on any atom is 0.134 e. The van der Waals surface area contributed by atoms with Gasteiger partial charge in [-0.2, -0.15) is 0 Å². The van der Waals surface area contributed by atoms with E-state index in [1.165, 1.54) is 11.3 Å². The van der Waals surface area contributed by atoms with Gasteiger partial charge in [0.25, 0.3) is 0 Å². The third-order valence-corrected chi connectivity index (χ3v) is 3.39. The molecule has 1 aliphatic rings. The summed E-state index contributed by atoms with van der Waals surface area (Å²) in [7, 11) is 0.